The highest BCUT2D eigenvalue weighted by atomic mass is 32.3. The fraction of sp³-hybridized carbons (Fsp3) is 0.769. The molecule has 0 aliphatic carbocycles. The first-order chi connectivity index (χ1) is 9.39. The fourth-order valence-corrected chi connectivity index (χ4v) is 1.08. The van der Waals surface area contributed by atoms with Gasteiger partial charge in [0.25, 0.3) is 0 Å². The van der Waals surface area contributed by atoms with Gasteiger partial charge in [0.15, 0.2) is 0 Å². The van der Waals surface area contributed by atoms with E-state index in [1.165, 1.54) is 30.5 Å². The zero-order chi connectivity index (χ0) is 17.7. The molecule has 1 amide bonds. The van der Waals surface area contributed by atoms with Gasteiger partial charge in [-0.15, -0.1) is 0 Å². The Morgan fingerprint density at radius 3 is 1.62 bits per heavy atom. The monoisotopic (exact) mass is 326 g/mol. The standard InChI is InChI=1S/C8H20N.C4H7NO.CH4O4S/c1-5-8-9(4,6-2)7-3;1-3(2)4(5)6;1-5-6(2,3)4/h5-8H2,1-4H3;1H2,2H3,(H2,5,6);1H3,(H,2,3,4)/q+1;;/p-1. The number of rotatable bonds is 6. The van der Waals surface area contributed by atoms with Crippen LogP contribution in [0.4, 0.5) is 0 Å². The van der Waals surface area contributed by atoms with Gasteiger partial charge in [-0.2, -0.15) is 0 Å². The van der Waals surface area contributed by atoms with Crippen LogP contribution in [0.5, 0.6) is 0 Å². The van der Waals surface area contributed by atoms with Crippen molar-refractivity contribution in [2.45, 2.75) is 34.1 Å². The lowest BCUT2D eigenvalue weighted by Gasteiger charge is -2.31. The average Bonchev–Trinajstić information content (AvgIpc) is 2.39. The summed E-state index contributed by atoms with van der Waals surface area (Å²) < 4.78 is 32.3. The van der Waals surface area contributed by atoms with Crippen LogP contribution in [0.25, 0.3) is 0 Å². The van der Waals surface area contributed by atoms with Crippen LogP contribution >= 0.6 is 0 Å². The molecule has 7 nitrogen and oxygen atoms in total. The summed E-state index contributed by atoms with van der Waals surface area (Å²) in [5.41, 5.74) is 5.09. The quantitative estimate of drug-likeness (QED) is 0.339. The highest BCUT2D eigenvalue weighted by molar-refractivity contribution is 7.80. The Balaban J connectivity index is -0.000000240. The van der Waals surface area contributed by atoms with Gasteiger partial charge in [0.05, 0.1) is 33.8 Å². The molecule has 128 valence electrons. The number of primary amides is 1. The second kappa shape index (κ2) is 12.8. The predicted octanol–water partition coefficient (Wildman–Crippen LogP) is 1.02. The van der Waals surface area contributed by atoms with E-state index in [-0.39, 0.29) is 0 Å². The largest absolute Gasteiger partial charge is 0.726 e. The van der Waals surface area contributed by atoms with Crippen molar-refractivity contribution in [2.75, 3.05) is 33.8 Å². The number of nitrogens with zero attached hydrogens (tertiary/aromatic N) is 1. The normalized spacial score (nSPS) is 10.6. The number of carbonyl (C=O) groups excluding carboxylic acids is 1. The molecular formula is C13H30N2O5S. The first-order valence-corrected chi connectivity index (χ1v) is 8.02. The van der Waals surface area contributed by atoms with Crippen molar-refractivity contribution in [3.63, 3.8) is 0 Å². The minimum Gasteiger partial charge on any atom is -0.726 e. The minimum atomic E-state index is -4.41. The summed E-state index contributed by atoms with van der Waals surface area (Å²) in [4.78, 5) is 9.82. The summed E-state index contributed by atoms with van der Waals surface area (Å²) in [5, 5.41) is 0. The summed E-state index contributed by atoms with van der Waals surface area (Å²) in [6, 6.07) is 0. The van der Waals surface area contributed by atoms with Crippen molar-refractivity contribution in [3.05, 3.63) is 12.2 Å². The van der Waals surface area contributed by atoms with Crippen LogP contribution in [-0.4, -0.2) is 57.2 Å². The molecule has 0 fully saturated rings. The first-order valence-electron chi connectivity index (χ1n) is 6.69. The van der Waals surface area contributed by atoms with Crippen molar-refractivity contribution < 1.29 is 26.4 Å². The lowest BCUT2D eigenvalue weighted by molar-refractivity contribution is -0.906. The molecule has 0 aromatic carbocycles. The van der Waals surface area contributed by atoms with E-state index in [1.807, 2.05) is 0 Å². The molecule has 2 N–H and O–H groups in total. The highest BCUT2D eigenvalue weighted by Gasteiger charge is 2.13. The third kappa shape index (κ3) is 21.5. The molecule has 0 rings (SSSR count). The second-order valence-corrected chi connectivity index (χ2v) is 5.84. The van der Waals surface area contributed by atoms with Crippen LogP contribution in [0.3, 0.4) is 0 Å². The molecule has 0 aromatic rings. The summed E-state index contributed by atoms with van der Waals surface area (Å²) in [5.74, 6) is -0.435. The Labute approximate surface area is 129 Å². The number of hydrogen-bond acceptors (Lipinski definition) is 5. The number of hydrogen-bond donors (Lipinski definition) is 1. The molecular weight excluding hydrogens is 296 g/mol. The number of amides is 1. The van der Waals surface area contributed by atoms with Gasteiger partial charge in [-0.25, -0.2) is 8.42 Å². The molecule has 0 aliphatic heterocycles. The summed E-state index contributed by atoms with van der Waals surface area (Å²) in [6.07, 6.45) is 1.30. The molecule has 0 radical (unpaired) electrons. The third-order valence-electron chi connectivity index (χ3n) is 2.92. The van der Waals surface area contributed by atoms with Crippen LogP contribution < -0.4 is 5.73 Å². The maximum absolute atomic E-state index is 9.82. The first kappa shape index (κ1) is 25.0. The van der Waals surface area contributed by atoms with Gasteiger partial charge in [-0.3, -0.25) is 8.98 Å². The molecule has 0 saturated heterocycles. The number of carbonyl (C=O) groups is 1. The molecule has 0 heterocycles. The molecule has 0 saturated carbocycles. The Kier molecular flexibility index (Phi) is 15.2. The average molecular weight is 326 g/mol. The molecule has 0 unspecified atom stereocenters. The van der Waals surface area contributed by atoms with Crippen molar-refractivity contribution >= 4 is 16.3 Å². The van der Waals surface area contributed by atoms with Gasteiger partial charge in [-0.1, -0.05) is 13.5 Å². The molecule has 0 bridgehead atoms. The van der Waals surface area contributed by atoms with E-state index in [0.29, 0.717) is 5.57 Å². The smallest absolute Gasteiger partial charge is 0.243 e. The maximum atomic E-state index is 9.82. The molecule has 0 aliphatic rings. The predicted molar refractivity (Wildman–Crippen MR) is 83.1 cm³/mol. The molecule has 21 heavy (non-hydrogen) atoms. The highest BCUT2D eigenvalue weighted by Crippen LogP contribution is 2.01. The van der Waals surface area contributed by atoms with Crippen LogP contribution in [0.15, 0.2) is 12.2 Å². The van der Waals surface area contributed by atoms with Gasteiger partial charge in [0.1, 0.15) is 0 Å². The van der Waals surface area contributed by atoms with Crippen molar-refractivity contribution in [3.8, 4) is 0 Å². The Bertz CT molecular complexity index is 377. The van der Waals surface area contributed by atoms with E-state index in [4.69, 9.17) is 5.73 Å². The minimum absolute atomic E-state index is 0.398. The van der Waals surface area contributed by atoms with E-state index in [2.05, 4.69) is 38.6 Å². The Morgan fingerprint density at radius 1 is 1.29 bits per heavy atom. The third-order valence-corrected chi connectivity index (χ3v) is 3.32. The zero-order valence-electron chi connectivity index (χ0n) is 14.0. The van der Waals surface area contributed by atoms with Crippen molar-refractivity contribution in [2.24, 2.45) is 5.73 Å². The maximum Gasteiger partial charge on any atom is 0.243 e. The van der Waals surface area contributed by atoms with Gasteiger partial charge in [-0.05, 0) is 27.2 Å². The molecule has 0 atom stereocenters. The van der Waals surface area contributed by atoms with Crippen molar-refractivity contribution in [1.82, 2.24) is 0 Å². The second-order valence-electron chi connectivity index (χ2n) is 4.70. The topological polar surface area (TPSA) is 110 Å². The Morgan fingerprint density at radius 2 is 1.57 bits per heavy atom. The lowest BCUT2D eigenvalue weighted by atomic mass is 10.3. The van der Waals surface area contributed by atoms with Crippen LogP contribution in [-0.2, 0) is 19.4 Å². The van der Waals surface area contributed by atoms with E-state index >= 15 is 0 Å². The lowest BCUT2D eigenvalue weighted by Crippen LogP contribution is -2.43. The van der Waals surface area contributed by atoms with Crippen LogP contribution in [0.1, 0.15) is 34.1 Å². The van der Waals surface area contributed by atoms with Gasteiger partial charge in [0.2, 0.25) is 16.3 Å². The fourth-order valence-electron chi connectivity index (χ4n) is 1.08. The molecule has 0 aromatic heterocycles. The van der Waals surface area contributed by atoms with E-state index in [0.717, 1.165) is 7.11 Å². The van der Waals surface area contributed by atoms with Gasteiger partial charge >= 0.3 is 0 Å². The van der Waals surface area contributed by atoms with Crippen LogP contribution in [0, 0.1) is 0 Å². The van der Waals surface area contributed by atoms with E-state index in [9.17, 15) is 17.8 Å². The summed E-state index contributed by atoms with van der Waals surface area (Å²) >= 11 is 0. The Hall–Kier alpha value is -0.960. The zero-order valence-corrected chi connectivity index (χ0v) is 14.8. The van der Waals surface area contributed by atoms with E-state index in [1.54, 1.807) is 6.92 Å². The van der Waals surface area contributed by atoms with Gasteiger partial charge < -0.3 is 14.8 Å². The van der Waals surface area contributed by atoms with Crippen LogP contribution in [0.2, 0.25) is 0 Å². The molecule has 8 heteroatoms. The summed E-state index contributed by atoms with van der Waals surface area (Å²) in [7, 11) is -1.28. The van der Waals surface area contributed by atoms with Crippen molar-refractivity contribution in [1.29, 1.82) is 0 Å². The number of nitrogens with two attached hydrogens (primary N) is 1. The van der Waals surface area contributed by atoms with E-state index < -0.39 is 16.3 Å². The SMILES string of the molecule is C=C(C)C(N)=O.CCC[N+](C)(CC)CC.COS(=O)(=O)[O-]. The van der Waals surface area contributed by atoms with Gasteiger partial charge in [0, 0.05) is 5.57 Å². The summed E-state index contributed by atoms with van der Waals surface area (Å²) in [6.45, 7) is 15.5. The number of quaternary nitrogens is 1. The molecule has 0 spiro atoms.